The maximum absolute atomic E-state index is 10.9. The Balaban J connectivity index is 0.000000227. The predicted molar refractivity (Wildman–Crippen MR) is 129 cm³/mol. The van der Waals surface area contributed by atoms with E-state index in [2.05, 4.69) is 0 Å². The molecule has 0 saturated carbocycles. The molecule has 0 unspecified atom stereocenters. The second-order valence-corrected chi connectivity index (χ2v) is 10.6. The SMILES string of the molecule is Cc1cc(C)c2cc(S(=O)(=O)[O-])ccc2c1.Cc1cc(C)c2cc(S(=O)(=O)[O-])ccc2c1.[Ca+2]. The molecule has 4 rings (SSSR count). The van der Waals surface area contributed by atoms with Crippen LogP contribution < -0.4 is 0 Å². The van der Waals surface area contributed by atoms with E-state index in [0.29, 0.717) is 0 Å². The molecular weight excluding hydrogens is 488 g/mol. The van der Waals surface area contributed by atoms with Crippen molar-refractivity contribution in [2.75, 3.05) is 0 Å². The van der Waals surface area contributed by atoms with Crippen LogP contribution in [0.15, 0.2) is 70.5 Å². The summed E-state index contributed by atoms with van der Waals surface area (Å²) in [7, 11) is -8.74. The van der Waals surface area contributed by atoms with Crippen molar-refractivity contribution in [3.63, 3.8) is 0 Å². The van der Waals surface area contributed by atoms with E-state index in [1.165, 1.54) is 24.3 Å². The molecule has 0 atom stereocenters. The fourth-order valence-electron chi connectivity index (χ4n) is 3.73. The van der Waals surface area contributed by atoms with Gasteiger partial charge in [0.15, 0.2) is 0 Å². The number of fused-ring (bicyclic) bond motifs is 2. The van der Waals surface area contributed by atoms with Gasteiger partial charge in [0.1, 0.15) is 20.2 Å². The second-order valence-electron chi connectivity index (χ2n) is 7.84. The van der Waals surface area contributed by atoms with Gasteiger partial charge in [-0.25, -0.2) is 16.8 Å². The van der Waals surface area contributed by atoms with Gasteiger partial charge in [-0.3, -0.25) is 0 Å². The Bertz CT molecular complexity index is 1440. The van der Waals surface area contributed by atoms with E-state index in [1.54, 1.807) is 12.1 Å². The number of hydrogen-bond acceptors (Lipinski definition) is 6. The first kappa shape index (κ1) is 27.7. The van der Waals surface area contributed by atoms with Gasteiger partial charge < -0.3 is 9.11 Å². The van der Waals surface area contributed by atoms with Crippen LogP contribution in [0.25, 0.3) is 21.5 Å². The van der Waals surface area contributed by atoms with Gasteiger partial charge in [-0.05, 0) is 84.6 Å². The maximum atomic E-state index is 10.9. The molecule has 0 N–H and O–H groups in total. The van der Waals surface area contributed by atoms with Gasteiger partial charge in [-0.2, -0.15) is 0 Å². The molecule has 168 valence electrons. The quantitative estimate of drug-likeness (QED) is 0.293. The number of hydrogen-bond donors (Lipinski definition) is 0. The molecule has 6 nitrogen and oxygen atoms in total. The van der Waals surface area contributed by atoms with Crippen LogP contribution >= 0.6 is 0 Å². The topological polar surface area (TPSA) is 114 Å². The first-order valence-corrected chi connectivity index (χ1v) is 12.5. The molecule has 0 heterocycles. The van der Waals surface area contributed by atoms with Gasteiger partial charge in [-0.1, -0.05) is 47.5 Å². The largest absolute Gasteiger partial charge is 2.00 e. The first-order valence-electron chi connectivity index (χ1n) is 9.69. The number of benzene rings is 4. The Morgan fingerprint density at radius 2 is 0.879 bits per heavy atom. The predicted octanol–water partition coefficient (Wildman–Crippen LogP) is 4.34. The van der Waals surface area contributed by atoms with E-state index in [0.717, 1.165) is 43.8 Å². The summed E-state index contributed by atoms with van der Waals surface area (Å²) in [5.41, 5.74) is 4.17. The molecule has 4 aromatic rings. The Morgan fingerprint density at radius 1 is 0.545 bits per heavy atom. The molecule has 0 aromatic heterocycles. The second kappa shape index (κ2) is 10.4. The van der Waals surface area contributed by atoms with Crippen LogP contribution in [0.2, 0.25) is 0 Å². The van der Waals surface area contributed by atoms with Gasteiger partial charge in [-0.15, -0.1) is 0 Å². The van der Waals surface area contributed by atoms with E-state index in [4.69, 9.17) is 0 Å². The smallest absolute Gasteiger partial charge is 0.744 e. The molecule has 0 amide bonds. The van der Waals surface area contributed by atoms with Crippen LogP contribution in [0.5, 0.6) is 0 Å². The van der Waals surface area contributed by atoms with Crippen LogP contribution in [0, 0.1) is 27.7 Å². The molecule has 0 bridgehead atoms. The Labute approximate surface area is 224 Å². The summed E-state index contributed by atoms with van der Waals surface area (Å²) in [5.74, 6) is 0. The zero-order valence-electron chi connectivity index (χ0n) is 18.7. The van der Waals surface area contributed by atoms with Crippen molar-refractivity contribution in [2.45, 2.75) is 37.5 Å². The summed E-state index contributed by atoms with van der Waals surface area (Å²) < 4.78 is 65.4. The molecular formula is C24H22CaO6S2. The molecule has 0 aliphatic rings. The van der Waals surface area contributed by atoms with Gasteiger partial charge in [0, 0.05) is 0 Å². The minimum Gasteiger partial charge on any atom is -0.744 e. The molecule has 0 fully saturated rings. The molecule has 9 heteroatoms. The van der Waals surface area contributed by atoms with Crippen LogP contribution in [0.3, 0.4) is 0 Å². The normalized spacial score (nSPS) is 11.6. The van der Waals surface area contributed by atoms with Crippen molar-refractivity contribution in [3.05, 3.63) is 82.9 Å². The third-order valence-electron chi connectivity index (χ3n) is 5.13. The van der Waals surface area contributed by atoms with Crippen molar-refractivity contribution in [2.24, 2.45) is 0 Å². The van der Waals surface area contributed by atoms with Crippen molar-refractivity contribution >= 4 is 79.5 Å². The summed E-state index contributed by atoms with van der Waals surface area (Å²) in [6, 6.07) is 16.8. The van der Waals surface area contributed by atoms with E-state index < -0.39 is 20.2 Å². The molecule has 0 radical (unpaired) electrons. The van der Waals surface area contributed by atoms with Crippen LogP contribution in [-0.4, -0.2) is 63.7 Å². The third kappa shape index (κ3) is 6.76. The molecule has 0 aliphatic carbocycles. The molecule has 0 spiro atoms. The average molecular weight is 511 g/mol. The van der Waals surface area contributed by atoms with Crippen LogP contribution in [0.4, 0.5) is 0 Å². The first-order chi connectivity index (χ1) is 14.8. The van der Waals surface area contributed by atoms with Crippen molar-refractivity contribution in [1.82, 2.24) is 0 Å². The van der Waals surface area contributed by atoms with Gasteiger partial charge >= 0.3 is 37.7 Å². The molecule has 0 saturated heterocycles. The van der Waals surface area contributed by atoms with Gasteiger partial charge in [0.05, 0.1) is 9.79 Å². The van der Waals surface area contributed by atoms with E-state index in [-0.39, 0.29) is 47.5 Å². The summed E-state index contributed by atoms with van der Waals surface area (Å²) in [6.45, 7) is 7.75. The van der Waals surface area contributed by atoms with Crippen molar-refractivity contribution in [1.29, 1.82) is 0 Å². The Hall–Kier alpha value is -1.52. The average Bonchev–Trinajstić information content (AvgIpc) is 2.66. The fraction of sp³-hybridized carbons (Fsp3) is 0.167. The van der Waals surface area contributed by atoms with Crippen LogP contribution in [-0.2, 0) is 20.2 Å². The molecule has 33 heavy (non-hydrogen) atoms. The number of aryl methyl sites for hydroxylation is 4. The van der Waals surface area contributed by atoms with Gasteiger partial charge in [0.2, 0.25) is 0 Å². The van der Waals surface area contributed by atoms with Crippen molar-refractivity contribution < 1.29 is 25.9 Å². The number of rotatable bonds is 2. The fourth-order valence-corrected chi connectivity index (χ4v) is 4.72. The zero-order chi connectivity index (χ0) is 23.8. The monoisotopic (exact) mass is 510 g/mol. The van der Waals surface area contributed by atoms with E-state index in [1.807, 2.05) is 52.0 Å². The zero-order valence-corrected chi connectivity index (χ0v) is 22.6. The minimum atomic E-state index is -4.37. The maximum Gasteiger partial charge on any atom is 2.00 e. The standard InChI is InChI=1S/2C12H12O3S.Ca/c2*1-8-5-9(2)12-7-11(16(13,14)15)4-3-10(12)6-8;/h2*3-7H,1-2H3,(H,13,14,15);/q;;+2/p-2. The van der Waals surface area contributed by atoms with E-state index >= 15 is 0 Å². The Kier molecular flexibility index (Phi) is 8.73. The molecule has 4 aromatic carbocycles. The van der Waals surface area contributed by atoms with E-state index in [9.17, 15) is 25.9 Å². The molecule has 0 aliphatic heterocycles. The summed E-state index contributed by atoms with van der Waals surface area (Å²) >= 11 is 0. The summed E-state index contributed by atoms with van der Waals surface area (Å²) in [4.78, 5) is -0.348. The Morgan fingerprint density at radius 3 is 1.18 bits per heavy atom. The third-order valence-corrected chi connectivity index (χ3v) is 6.79. The summed E-state index contributed by atoms with van der Waals surface area (Å²) in [6.07, 6.45) is 0. The minimum absolute atomic E-state index is 0. The van der Waals surface area contributed by atoms with Gasteiger partial charge in [0.25, 0.3) is 0 Å². The van der Waals surface area contributed by atoms with Crippen LogP contribution in [0.1, 0.15) is 22.3 Å². The summed E-state index contributed by atoms with van der Waals surface area (Å²) in [5, 5.41) is 3.51. The van der Waals surface area contributed by atoms with Crippen molar-refractivity contribution in [3.8, 4) is 0 Å².